The first-order valence-electron chi connectivity index (χ1n) is 10.0. The van der Waals surface area contributed by atoms with E-state index in [0.29, 0.717) is 36.4 Å². The zero-order chi connectivity index (χ0) is 21.6. The number of pyridine rings is 2. The molecule has 0 saturated carbocycles. The number of halogens is 2. The molecule has 0 aromatic carbocycles. The number of nitrogens with zero attached hydrogens (tertiary/aromatic N) is 5. The third-order valence-corrected chi connectivity index (χ3v) is 4.91. The summed E-state index contributed by atoms with van der Waals surface area (Å²) in [5.41, 5.74) is 0. The summed E-state index contributed by atoms with van der Waals surface area (Å²) in [6, 6.07) is 6.29. The van der Waals surface area contributed by atoms with Crippen LogP contribution in [0.15, 0.2) is 42.9 Å². The van der Waals surface area contributed by atoms with Gasteiger partial charge in [0.1, 0.15) is 17.1 Å². The molecule has 1 N–H and O–H groups in total. The molecule has 0 bridgehead atoms. The van der Waals surface area contributed by atoms with Crippen molar-refractivity contribution in [2.45, 2.75) is 25.9 Å². The summed E-state index contributed by atoms with van der Waals surface area (Å²) in [6.07, 6.45) is 6.59. The fourth-order valence-electron chi connectivity index (χ4n) is 3.33. The lowest BCUT2D eigenvalue weighted by Gasteiger charge is -2.33. The van der Waals surface area contributed by atoms with Crippen LogP contribution in [0.3, 0.4) is 0 Å². The van der Waals surface area contributed by atoms with E-state index in [1.807, 2.05) is 19.1 Å². The lowest BCUT2D eigenvalue weighted by molar-refractivity contribution is 0.162. The molecule has 0 spiro atoms. The largest absolute Gasteiger partial charge is 0.488 e. The molecule has 0 unspecified atom stereocenters. The summed E-state index contributed by atoms with van der Waals surface area (Å²) < 4.78 is 25.7. The van der Waals surface area contributed by atoms with E-state index in [0.717, 1.165) is 19.4 Å². The van der Waals surface area contributed by atoms with Crippen molar-refractivity contribution < 1.29 is 13.9 Å². The van der Waals surface area contributed by atoms with Gasteiger partial charge < -0.3 is 19.7 Å². The molecule has 1 fully saturated rings. The van der Waals surface area contributed by atoms with Gasteiger partial charge in [0.2, 0.25) is 0 Å². The summed E-state index contributed by atoms with van der Waals surface area (Å²) in [5, 5.41) is 3.02. The second-order valence-electron chi connectivity index (χ2n) is 6.92. The molecule has 1 aliphatic heterocycles. The van der Waals surface area contributed by atoms with Crippen molar-refractivity contribution in [3.8, 4) is 11.6 Å². The van der Waals surface area contributed by atoms with E-state index < -0.39 is 5.82 Å². The van der Waals surface area contributed by atoms with Gasteiger partial charge in [-0.15, -0.1) is 0 Å². The minimum Gasteiger partial charge on any atom is -0.488 e. The zero-order valence-electron chi connectivity index (χ0n) is 17.0. The molecule has 0 aliphatic carbocycles. The maximum atomic E-state index is 14.0. The molecule has 31 heavy (non-hydrogen) atoms. The molecular formula is C21H22ClFN6O2. The van der Waals surface area contributed by atoms with Gasteiger partial charge in [-0.1, -0.05) is 11.6 Å². The highest BCUT2D eigenvalue weighted by Gasteiger charge is 2.24. The quantitative estimate of drug-likeness (QED) is 0.541. The van der Waals surface area contributed by atoms with Gasteiger partial charge in [-0.25, -0.2) is 19.3 Å². The highest BCUT2D eigenvalue weighted by Crippen LogP contribution is 2.28. The average molecular weight is 445 g/mol. The van der Waals surface area contributed by atoms with Crippen molar-refractivity contribution in [1.29, 1.82) is 0 Å². The van der Waals surface area contributed by atoms with Crippen molar-refractivity contribution in [3.05, 3.63) is 53.8 Å². The molecule has 0 radical (unpaired) electrons. The Labute approximate surface area is 184 Å². The van der Waals surface area contributed by atoms with Gasteiger partial charge >= 0.3 is 0 Å². The third-order valence-electron chi connectivity index (χ3n) is 4.70. The Morgan fingerprint density at radius 2 is 2.16 bits per heavy atom. The van der Waals surface area contributed by atoms with Crippen LogP contribution < -0.4 is 19.7 Å². The van der Waals surface area contributed by atoms with Crippen molar-refractivity contribution in [1.82, 2.24) is 19.9 Å². The first kappa shape index (κ1) is 21.0. The molecule has 4 rings (SSSR count). The number of hydrogen-bond donors (Lipinski definition) is 1. The molecule has 1 atom stereocenters. The summed E-state index contributed by atoms with van der Waals surface area (Å²) in [7, 11) is 0. The fraction of sp³-hybridized carbons (Fsp3) is 0.333. The van der Waals surface area contributed by atoms with Gasteiger partial charge in [-0.05, 0) is 44.0 Å². The predicted octanol–water partition coefficient (Wildman–Crippen LogP) is 4.25. The van der Waals surface area contributed by atoms with Crippen LogP contribution in [-0.2, 0) is 0 Å². The number of ether oxygens (including phenoxy) is 2. The fourth-order valence-corrected chi connectivity index (χ4v) is 3.47. The number of rotatable bonds is 7. The van der Waals surface area contributed by atoms with Crippen LogP contribution in [0, 0.1) is 5.82 Å². The number of anilines is 3. The van der Waals surface area contributed by atoms with Crippen molar-refractivity contribution in [2.24, 2.45) is 0 Å². The van der Waals surface area contributed by atoms with E-state index in [1.165, 1.54) is 18.3 Å². The molecule has 4 heterocycles. The van der Waals surface area contributed by atoms with Gasteiger partial charge in [0.05, 0.1) is 25.5 Å². The normalized spacial score (nSPS) is 16.1. The number of nitrogens with one attached hydrogen (secondary N) is 1. The highest BCUT2D eigenvalue weighted by atomic mass is 35.5. The van der Waals surface area contributed by atoms with Crippen LogP contribution in [-0.4, -0.2) is 45.7 Å². The zero-order valence-corrected chi connectivity index (χ0v) is 17.7. The smallest absolute Gasteiger partial charge is 0.257 e. The first-order chi connectivity index (χ1) is 15.1. The maximum absolute atomic E-state index is 14.0. The molecule has 1 saturated heterocycles. The van der Waals surface area contributed by atoms with Crippen LogP contribution in [0.1, 0.15) is 19.8 Å². The van der Waals surface area contributed by atoms with Gasteiger partial charge in [0, 0.05) is 12.7 Å². The number of aromatic nitrogens is 4. The summed E-state index contributed by atoms with van der Waals surface area (Å²) in [5.74, 6) is 1.62. The first-order valence-corrected chi connectivity index (χ1v) is 10.4. The maximum Gasteiger partial charge on any atom is 0.257 e. The second-order valence-corrected chi connectivity index (χ2v) is 7.31. The lowest BCUT2D eigenvalue weighted by atomic mass is 10.1. The molecule has 0 amide bonds. The molecule has 8 nitrogen and oxygen atoms in total. The van der Waals surface area contributed by atoms with Crippen LogP contribution in [0.4, 0.5) is 21.8 Å². The van der Waals surface area contributed by atoms with E-state index in [4.69, 9.17) is 21.1 Å². The summed E-state index contributed by atoms with van der Waals surface area (Å²) in [6.45, 7) is 3.88. The Bertz CT molecular complexity index is 1040. The van der Waals surface area contributed by atoms with Crippen molar-refractivity contribution in [2.75, 3.05) is 29.9 Å². The Morgan fingerprint density at radius 3 is 3.03 bits per heavy atom. The molecule has 3 aromatic heterocycles. The van der Waals surface area contributed by atoms with E-state index >= 15 is 0 Å². The van der Waals surface area contributed by atoms with Crippen LogP contribution in [0.2, 0.25) is 5.15 Å². The Morgan fingerprint density at radius 1 is 1.26 bits per heavy atom. The molecule has 3 aromatic rings. The molecule has 10 heteroatoms. The Kier molecular flexibility index (Phi) is 6.61. The van der Waals surface area contributed by atoms with Crippen molar-refractivity contribution in [3.63, 3.8) is 0 Å². The predicted molar refractivity (Wildman–Crippen MR) is 116 cm³/mol. The monoisotopic (exact) mass is 444 g/mol. The highest BCUT2D eigenvalue weighted by molar-refractivity contribution is 6.29. The number of piperidine rings is 1. The van der Waals surface area contributed by atoms with Gasteiger partial charge in [-0.3, -0.25) is 4.98 Å². The lowest BCUT2D eigenvalue weighted by Crippen LogP contribution is -2.41. The summed E-state index contributed by atoms with van der Waals surface area (Å²) in [4.78, 5) is 19.1. The second kappa shape index (κ2) is 9.74. The SMILES string of the molecule is CCOc1cccnc1O[C@@H]1CCCN(c2cncc(Nc3nc(Cl)ccc3F)n2)C1. The van der Waals surface area contributed by atoms with Crippen LogP contribution in [0.25, 0.3) is 0 Å². The van der Waals surface area contributed by atoms with E-state index in [1.54, 1.807) is 12.4 Å². The minimum absolute atomic E-state index is 0.00240. The molecular weight excluding hydrogens is 423 g/mol. The van der Waals surface area contributed by atoms with Crippen LogP contribution >= 0.6 is 11.6 Å². The van der Waals surface area contributed by atoms with Gasteiger partial charge in [-0.2, -0.15) is 0 Å². The Hall–Kier alpha value is -3.20. The topological polar surface area (TPSA) is 85.3 Å². The number of hydrogen-bond acceptors (Lipinski definition) is 8. The Balaban J connectivity index is 1.46. The molecule has 162 valence electrons. The summed E-state index contributed by atoms with van der Waals surface area (Å²) >= 11 is 5.86. The van der Waals surface area contributed by atoms with E-state index in [9.17, 15) is 4.39 Å². The minimum atomic E-state index is -0.525. The van der Waals surface area contributed by atoms with Crippen LogP contribution in [0.5, 0.6) is 11.6 Å². The van der Waals surface area contributed by atoms with E-state index in [-0.39, 0.29) is 17.1 Å². The molecule has 1 aliphatic rings. The average Bonchev–Trinajstić information content (AvgIpc) is 2.78. The van der Waals surface area contributed by atoms with Gasteiger partial charge in [0.25, 0.3) is 5.88 Å². The van der Waals surface area contributed by atoms with Gasteiger partial charge in [0.15, 0.2) is 23.2 Å². The van der Waals surface area contributed by atoms with Crippen molar-refractivity contribution >= 4 is 29.1 Å². The van der Waals surface area contributed by atoms with E-state index in [2.05, 4.69) is 30.2 Å². The third kappa shape index (κ3) is 5.29. The standard InChI is InChI=1S/C21H22ClFN6O2/c1-2-30-16-6-3-9-25-21(16)31-14-5-4-10-29(13-14)19-12-24-11-18(27-19)28-20-15(23)7-8-17(22)26-20/h3,6-9,11-12,14H,2,4-5,10,13H2,1H3,(H,26,27,28)/t14-/m1/s1.